The van der Waals surface area contributed by atoms with E-state index >= 15 is 0 Å². The molecule has 0 fully saturated rings. The van der Waals surface area contributed by atoms with Gasteiger partial charge in [-0.3, -0.25) is 4.98 Å². The van der Waals surface area contributed by atoms with E-state index in [0.717, 1.165) is 6.54 Å². The van der Waals surface area contributed by atoms with Crippen molar-refractivity contribution in [2.24, 2.45) is 0 Å². The van der Waals surface area contributed by atoms with Crippen molar-refractivity contribution in [3.05, 3.63) is 54.4 Å². The number of para-hydroxylation sites is 1. The molecule has 1 aromatic heterocycles. The minimum Gasteiger partial charge on any atom is -0.344 e. The summed E-state index contributed by atoms with van der Waals surface area (Å²) in [5.74, 6) is 0. The van der Waals surface area contributed by atoms with Crippen LogP contribution < -0.4 is 10.2 Å². The molecular weight excluding hydrogens is 234 g/mol. The number of aromatic nitrogens is 1. The maximum atomic E-state index is 4.23. The summed E-state index contributed by atoms with van der Waals surface area (Å²) >= 11 is 0. The van der Waals surface area contributed by atoms with Crippen LogP contribution in [0, 0.1) is 0 Å². The number of benzene rings is 1. The van der Waals surface area contributed by atoms with E-state index in [4.69, 9.17) is 0 Å². The molecule has 2 rings (SSSR count). The topological polar surface area (TPSA) is 28.2 Å². The average molecular weight is 255 g/mol. The standard InChI is InChI=1S/C16H21N3/c1-13(2)18-12-14-11-17-10-9-16(14)19(3)15-7-5-4-6-8-15/h4-11,13,18H,12H2,1-3H3. The number of hydrogen-bond donors (Lipinski definition) is 1. The van der Waals surface area contributed by atoms with Crippen molar-refractivity contribution in [1.29, 1.82) is 0 Å². The lowest BCUT2D eigenvalue weighted by atomic mass is 10.2. The first-order chi connectivity index (χ1) is 9.18. The van der Waals surface area contributed by atoms with Gasteiger partial charge >= 0.3 is 0 Å². The molecule has 3 heteroatoms. The van der Waals surface area contributed by atoms with Gasteiger partial charge < -0.3 is 10.2 Å². The van der Waals surface area contributed by atoms with Gasteiger partial charge in [-0.2, -0.15) is 0 Å². The van der Waals surface area contributed by atoms with Crippen molar-refractivity contribution < 1.29 is 0 Å². The van der Waals surface area contributed by atoms with Crippen LogP contribution in [-0.2, 0) is 6.54 Å². The van der Waals surface area contributed by atoms with Crippen molar-refractivity contribution >= 4 is 11.4 Å². The summed E-state index contributed by atoms with van der Waals surface area (Å²) in [6.45, 7) is 5.13. The normalized spacial score (nSPS) is 10.7. The smallest absolute Gasteiger partial charge is 0.0484 e. The van der Waals surface area contributed by atoms with Gasteiger partial charge in [0.1, 0.15) is 0 Å². The molecule has 0 amide bonds. The molecule has 0 radical (unpaired) electrons. The van der Waals surface area contributed by atoms with Crippen LogP contribution in [0.25, 0.3) is 0 Å². The molecule has 0 aliphatic rings. The number of nitrogens with zero attached hydrogens (tertiary/aromatic N) is 2. The van der Waals surface area contributed by atoms with Gasteiger partial charge in [0.15, 0.2) is 0 Å². The van der Waals surface area contributed by atoms with Crippen molar-refractivity contribution in [1.82, 2.24) is 10.3 Å². The van der Waals surface area contributed by atoms with Crippen LogP contribution in [-0.4, -0.2) is 18.1 Å². The zero-order valence-electron chi connectivity index (χ0n) is 11.8. The fraction of sp³-hybridized carbons (Fsp3) is 0.312. The third-order valence-corrected chi connectivity index (χ3v) is 3.08. The zero-order valence-corrected chi connectivity index (χ0v) is 11.8. The predicted molar refractivity (Wildman–Crippen MR) is 80.7 cm³/mol. The second kappa shape index (κ2) is 6.34. The van der Waals surface area contributed by atoms with Crippen molar-refractivity contribution in [3.8, 4) is 0 Å². The summed E-state index contributed by atoms with van der Waals surface area (Å²) in [5, 5.41) is 3.44. The van der Waals surface area contributed by atoms with Crippen molar-refractivity contribution in [2.75, 3.05) is 11.9 Å². The van der Waals surface area contributed by atoms with E-state index in [0.29, 0.717) is 6.04 Å². The molecule has 0 bridgehead atoms. The summed E-state index contributed by atoms with van der Waals surface area (Å²) in [6.07, 6.45) is 3.78. The molecule has 1 N–H and O–H groups in total. The SMILES string of the molecule is CC(C)NCc1cnccc1N(C)c1ccccc1. The summed E-state index contributed by atoms with van der Waals surface area (Å²) in [7, 11) is 2.09. The maximum Gasteiger partial charge on any atom is 0.0484 e. The van der Waals surface area contributed by atoms with Gasteiger partial charge in [-0.15, -0.1) is 0 Å². The first-order valence-corrected chi connectivity index (χ1v) is 6.63. The Labute approximate surface area is 115 Å². The minimum atomic E-state index is 0.468. The fourth-order valence-corrected chi connectivity index (χ4v) is 1.99. The maximum absolute atomic E-state index is 4.23. The first-order valence-electron chi connectivity index (χ1n) is 6.63. The Hall–Kier alpha value is -1.87. The Bertz CT molecular complexity index is 508. The van der Waals surface area contributed by atoms with Crippen LogP contribution in [0.1, 0.15) is 19.4 Å². The van der Waals surface area contributed by atoms with Crippen LogP contribution in [0.3, 0.4) is 0 Å². The molecule has 100 valence electrons. The summed E-state index contributed by atoms with van der Waals surface area (Å²) in [5.41, 5.74) is 3.58. The van der Waals surface area contributed by atoms with Crippen molar-refractivity contribution in [3.63, 3.8) is 0 Å². The van der Waals surface area contributed by atoms with Gasteiger partial charge in [-0.05, 0) is 18.2 Å². The molecule has 0 aliphatic carbocycles. The van der Waals surface area contributed by atoms with Gasteiger partial charge in [0, 0.05) is 49.0 Å². The lowest BCUT2D eigenvalue weighted by molar-refractivity contribution is 0.588. The van der Waals surface area contributed by atoms with Gasteiger partial charge in [-0.1, -0.05) is 32.0 Å². The highest BCUT2D eigenvalue weighted by molar-refractivity contribution is 5.64. The summed E-state index contributed by atoms with van der Waals surface area (Å²) in [4.78, 5) is 6.43. The van der Waals surface area contributed by atoms with E-state index in [1.165, 1.54) is 16.9 Å². The molecule has 3 nitrogen and oxygen atoms in total. The Morgan fingerprint density at radius 2 is 1.89 bits per heavy atom. The highest BCUT2D eigenvalue weighted by Crippen LogP contribution is 2.25. The van der Waals surface area contributed by atoms with Crippen molar-refractivity contribution in [2.45, 2.75) is 26.4 Å². The number of nitrogens with one attached hydrogen (secondary N) is 1. The average Bonchev–Trinajstić information content (AvgIpc) is 2.45. The van der Waals surface area contributed by atoms with Gasteiger partial charge in [0.25, 0.3) is 0 Å². The van der Waals surface area contributed by atoms with Crippen LogP contribution in [0.4, 0.5) is 11.4 Å². The van der Waals surface area contributed by atoms with Gasteiger partial charge in [-0.25, -0.2) is 0 Å². The van der Waals surface area contributed by atoms with E-state index in [1.807, 2.05) is 18.5 Å². The Morgan fingerprint density at radius 1 is 1.16 bits per heavy atom. The van der Waals surface area contributed by atoms with E-state index in [9.17, 15) is 0 Å². The summed E-state index contributed by atoms with van der Waals surface area (Å²) in [6, 6.07) is 12.9. The molecule has 1 heterocycles. The Balaban J connectivity index is 2.24. The Morgan fingerprint density at radius 3 is 2.58 bits per heavy atom. The number of rotatable bonds is 5. The van der Waals surface area contributed by atoms with Gasteiger partial charge in [0.2, 0.25) is 0 Å². The number of anilines is 2. The van der Waals surface area contributed by atoms with Crippen LogP contribution in [0.15, 0.2) is 48.8 Å². The van der Waals surface area contributed by atoms with E-state index in [1.54, 1.807) is 0 Å². The molecule has 2 aromatic rings. The second-order valence-corrected chi connectivity index (χ2v) is 4.93. The largest absolute Gasteiger partial charge is 0.344 e. The third kappa shape index (κ3) is 3.55. The minimum absolute atomic E-state index is 0.468. The molecule has 0 atom stereocenters. The van der Waals surface area contributed by atoms with E-state index in [2.05, 4.69) is 66.4 Å². The van der Waals surface area contributed by atoms with Crippen LogP contribution in [0.2, 0.25) is 0 Å². The van der Waals surface area contributed by atoms with Crippen LogP contribution >= 0.6 is 0 Å². The van der Waals surface area contributed by atoms with E-state index in [-0.39, 0.29) is 0 Å². The lowest BCUT2D eigenvalue weighted by Crippen LogP contribution is -2.23. The molecule has 1 aromatic carbocycles. The highest BCUT2D eigenvalue weighted by Gasteiger charge is 2.09. The third-order valence-electron chi connectivity index (χ3n) is 3.08. The highest BCUT2D eigenvalue weighted by atomic mass is 15.1. The zero-order chi connectivity index (χ0) is 13.7. The second-order valence-electron chi connectivity index (χ2n) is 4.93. The van der Waals surface area contributed by atoms with Gasteiger partial charge in [0.05, 0.1) is 0 Å². The molecule has 19 heavy (non-hydrogen) atoms. The monoisotopic (exact) mass is 255 g/mol. The Kier molecular flexibility index (Phi) is 4.53. The van der Waals surface area contributed by atoms with Crippen LogP contribution in [0.5, 0.6) is 0 Å². The molecular formula is C16H21N3. The summed E-state index contributed by atoms with van der Waals surface area (Å²) < 4.78 is 0. The number of pyridine rings is 1. The molecule has 0 spiro atoms. The first kappa shape index (κ1) is 13.6. The molecule has 0 aliphatic heterocycles. The molecule has 0 unspecified atom stereocenters. The fourth-order valence-electron chi connectivity index (χ4n) is 1.99. The quantitative estimate of drug-likeness (QED) is 0.888. The number of hydrogen-bond acceptors (Lipinski definition) is 3. The van der Waals surface area contributed by atoms with E-state index < -0.39 is 0 Å². The lowest BCUT2D eigenvalue weighted by Gasteiger charge is -2.23. The molecule has 0 saturated heterocycles. The predicted octanol–water partition coefficient (Wildman–Crippen LogP) is 3.35. The molecule has 0 saturated carbocycles.